The number of hydrogen-bond acceptors (Lipinski definition) is 2. The van der Waals surface area contributed by atoms with E-state index in [9.17, 15) is 0 Å². The second-order valence-corrected chi connectivity index (χ2v) is 4.38. The van der Waals surface area contributed by atoms with Crippen LogP contribution in [0, 0.1) is 11.8 Å². The molecule has 2 N–H and O–H groups in total. The van der Waals surface area contributed by atoms with Crippen LogP contribution in [0.2, 0.25) is 0 Å². The van der Waals surface area contributed by atoms with E-state index in [1.807, 2.05) is 27.1 Å². The molecule has 1 aromatic rings. The molecule has 3 nitrogen and oxygen atoms in total. The lowest BCUT2D eigenvalue weighted by atomic mass is 10.1. The normalized spacial score (nSPS) is 11.0. The van der Waals surface area contributed by atoms with Gasteiger partial charge in [0.25, 0.3) is 0 Å². The van der Waals surface area contributed by atoms with E-state index in [0.717, 1.165) is 24.1 Å². The summed E-state index contributed by atoms with van der Waals surface area (Å²) in [6.07, 6.45) is 4.00. The Kier molecular flexibility index (Phi) is 3.54. The second kappa shape index (κ2) is 4.50. The molecule has 0 atom stereocenters. The molecule has 0 unspecified atom stereocenters. The van der Waals surface area contributed by atoms with E-state index < -0.39 is 5.54 Å². The number of hydrogen-bond donors (Lipinski definition) is 1. The molecule has 82 valence electrons. The Bertz CT molecular complexity index is 385. The molecule has 0 aliphatic carbocycles. The summed E-state index contributed by atoms with van der Waals surface area (Å²) in [5, 5.41) is 4.37. The Morgan fingerprint density at radius 2 is 2.20 bits per heavy atom. The van der Waals surface area contributed by atoms with Gasteiger partial charge >= 0.3 is 0 Å². The van der Waals surface area contributed by atoms with Crippen LogP contribution >= 0.6 is 0 Å². The van der Waals surface area contributed by atoms with Crippen molar-refractivity contribution in [3.05, 3.63) is 17.5 Å². The van der Waals surface area contributed by atoms with Gasteiger partial charge in [-0.15, -0.1) is 0 Å². The smallest absolute Gasteiger partial charge is 0.0780 e. The van der Waals surface area contributed by atoms with Crippen molar-refractivity contribution >= 4 is 0 Å². The summed E-state index contributed by atoms with van der Waals surface area (Å²) in [5.41, 5.74) is 7.43. The predicted octanol–water partition coefficient (Wildman–Crippen LogP) is 1.46. The first-order chi connectivity index (χ1) is 6.92. The standard InChI is InChI=1S/C12H19N3/c1-5-6-11-10(9-15(4)14-11)7-8-12(2,3)13/h9H,5-6,13H2,1-4H3. The molecule has 1 aromatic heterocycles. The fraction of sp³-hybridized carbons (Fsp3) is 0.583. The van der Waals surface area contributed by atoms with Gasteiger partial charge in [0, 0.05) is 13.2 Å². The fourth-order valence-corrected chi connectivity index (χ4v) is 1.29. The Morgan fingerprint density at radius 1 is 1.53 bits per heavy atom. The summed E-state index contributed by atoms with van der Waals surface area (Å²) in [7, 11) is 1.91. The van der Waals surface area contributed by atoms with Gasteiger partial charge in [-0.1, -0.05) is 25.2 Å². The van der Waals surface area contributed by atoms with Crippen LogP contribution in [0.5, 0.6) is 0 Å². The molecule has 1 rings (SSSR count). The Morgan fingerprint density at radius 3 is 2.73 bits per heavy atom. The third-order valence-electron chi connectivity index (χ3n) is 1.91. The zero-order chi connectivity index (χ0) is 11.5. The van der Waals surface area contributed by atoms with Crippen LogP contribution in [0.3, 0.4) is 0 Å². The number of nitrogens with two attached hydrogens (primary N) is 1. The van der Waals surface area contributed by atoms with Gasteiger partial charge in [0.1, 0.15) is 0 Å². The molecular formula is C12H19N3. The van der Waals surface area contributed by atoms with E-state index in [-0.39, 0.29) is 0 Å². The van der Waals surface area contributed by atoms with Gasteiger partial charge in [0.2, 0.25) is 0 Å². The molecule has 0 fully saturated rings. The van der Waals surface area contributed by atoms with Crippen molar-refractivity contribution in [1.29, 1.82) is 0 Å². The number of aromatic nitrogens is 2. The van der Waals surface area contributed by atoms with Crippen molar-refractivity contribution in [2.45, 2.75) is 39.2 Å². The summed E-state index contributed by atoms with van der Waals surface area (Å²) >= 11 is 0. The third kappa shape index (κ3) is 3.77. The largest absolute Gasteiger partial charge is 0.316 e. The van der Waals surface area contributed by atoms with Gasteiger partial charge in [-0.05, 0) is 20.3 Å². The molecule has 15 heavy (non-hydrogen) atoms. The number of aryl methyl sites for hydroxylation is 2. The summed E-state index contributed by atoms with van der Waals surface area (Å²) in [4.78, 5) is 0. The van der Waals surface area contributed by atoms with E-state index in [0.29, 0.717) is 0 Å². The minimum atomic E-state index is -0.445. The number of rotatable bonds is 2. The maximum absolute atomic E-state index is 5.81. The summed E-state index contributed by atoms with van der Waals surface area (Å²) in [6.45, 7) is 5.94. The second-order valence-electron chi connectivity index (χ2n) is 4.38. The maximum Gasteiger partial charge on any atom is 0.0780 e. The van der Waals surface area contributed by atoms with Gasteiger partial charge in [0.15, 0.2) is 0 Å². The highest BCUT2D eigenvalue weighted by molar-refractivity contribution is 5.38. The van der Waals surface area contributed by atoms with Crippen molar-refractivity contribution in [2.24, 2.45) is 12.8 Å². The minimum Gasteiger partial charge on any atom is -0.316 e. The zero-order valence-electron chi connectivity index (χ0n) is 9.96. The molecule has 0 bridgehead atoms. The first-order valence-corrected chi connectivity index (χ1v) is 5.27. The lowest BCUT2D eigenvalue weighted by Crippen LogP contribution is -2.29. The SMILES string of the molecule is CCCc1nn(C)cc1C#CC(C)(C)N. The quantitative estimate of drug-likeness (QED) is 0.743. The van der Waals surface area contributed by atoms with Crippen LogP contribution in [0.4, 0.5) is 0 Å². The molecule has 1 heterocycles. The van der Waals surface area contributed by atoms with E-state index in [4.69, 9.17) is 5.73 Å². The molecule has 0 aliphatic heterocycles. The van der Waals surface area contributed by atoms with E-state index in [2.05, 4.69) is 23.9 Å². The minimum absolute atomic E-state index is 0.445. The van der Waals surface area contributed by atoms with E-state index in [1.165, 1.54) is 0 Å². The monoisotopic (exact) mass is 205 g/mol. The molecule has 0 radical (unpaired) electrons. The molecule has 0 aromatic carbocycles. The molecule has 3 heteroatoms. The van der Waals surface area contributed by atoms with Crippen LogP contribution in [-0.2, 0) is 13.5 Å². The summed E-state index contributed by atoms with van der Waals surface area (Å²) < 4.78 is 1.80. The van der Waals surface area contributed by atoms with E-state index >= 15 is 0 Å². The summed E-state index contributed by atoms with van der Waals surface area (Å²) in [5.74, 6) is 6.13. The van der Waals surface area contributed by atoms with Crippen molar-refractivity contribution in [3.63, 3.8) is 0 Å². The van der Waals surface area contributed by atoms with Gasteiger partial charge in [0.05, 0.1) is 16.8 Å². The Labute approximate surface area is 91.7 Å². The number of nitrogens with zero attached hydrogens (tertiary/aromatic N) is 2. The first kappa shape index (κ1) is 11.8. The highest BCUT2D eigenvalue weighted by Crippen LogP contribution is 2.07. The zero-order valence-corrected chi connectivity index (χ0v) is 9.96. The van der Waals surface area contributed by atoms with Crippen LogP contribution in [0.15, 0.2) is 6.20 Å². The lowest BCUT2D eigenvalue weighted by Gasteiger charge is -2.07. The van der Waals surface area contributed by atoms with Crippen LogP contribution in [-0.4, -0.2) is 15.3 Å². The van der Waals surface area contributed by atoms with Gasteiger partial charge in [-0.2, -0.15) is 5.10 Å². The van der Waals surface area contributed by atoms with Gasteiger partial charge < -0.3 is 5.73 Å². The maximum atomic E-state index is 5.81. The molecule has 0 amide bonds. The Balaban J connectivity index is 2.96. The average Bonchev–Trinajstić information content (AvgIpc) is 2.42. The molecule has 0 saturated heterocycles. The van der Waals surface area contributed by atoms with Gasteiger partial charge in [-0.3, -0.25) is 4.68 Å². The van der Waals surface area contributed by atoms with Gasteiger partial charge in [-0.25, -0.2) is 0 Å². The lowest BCUT2D eigenvalue weighted by molar-refractivity contribution is 0.680. The molecular weight excluding hydrogens is 186 g/mol. The van der Waals surface area contributed by atoms with Crippen molar-refractivity contribution in [1.82, 2.24) is 9.78 Å². The predicted molar refractivity (Wildman–Crippen MR) is 62.3 cm³/mol. The summed E-state index contributed by atoms with van der Waals surface area (Å²) in [6, 6.07) is 0. The van der Waals surface area contributed by atoms with Crippen molar-refractivity contribution in [3.8, 4) is 11.8 Å². The molecule has 0 aliphatic rings. The fourth-order valence-electron chi connectivity index (χ4n) is 1.29. The van der Waals surface area contributed by atoms with Crippen molar-refractivity contribution < 1.29 is 0 Å². The van der Waals surface area contributed by atoms with Crippen LogP contribution < -0.4 is 5.73 Å². The van der Waals surface area contributed by atoms with Crippen molar-refractivity contribution in [2.75, 3.05) is 0 Å². The van der Waals surface area contributed by atoms with Crippen LogP contribution in [0.1, 0.15) is 38.4 Å². The van der Waals surface area contributed by atoms with E-state index in [1.54, 1.807) is 4.68 Å². The Hall–Kier alpha value is -1.27. The highest BCUT2D eigenvalue weighted by Gasteiger charge is 2.07. The topological polar surface area (TPSA) is 43.8 Å². The van der Waals surface area contributed by atoms with Crippen LogP contribution in [0.25, 0.3) is 0 Å². The first-order valence-electron chi connectivity index (χ1n) is 5.27. The average molecular weight is 205 g/mol. The molecule has 0 spiro atoms. The highest BCUT2D eigenvalue weighted by atomic mass is 15.2. The molecule has 0 saturated carbocycles. The third-order valence-corrected chi connectivity index (χ3v) is 1.91.